The van der Waals surface area contributed by atoms with Crippen LogP contribution in [0.4, 0.5) is 0 Å². The molecule has 2 aromatic carbocycles. The molecule has 0 N–H and O–H groups in total. The van der Waals surface area contributed by atoms with E-state index in [2.05, 4.69) is 0 Å². The second kappa shape index (κ2) is 5.18. The average molecular weight is 298 g/mol. The zero-order chi connectivity index (χ0) is 15.9. The summed E-state index contributed by atoms with van der Waals surface area (Å²) in [5.74, 6) is 0.245. The van der Waals surface area contributed by atoms with Gasteiger partial charge in [-0.3, -0.25) is 9.59 Å². The minimum atomic E-state index is -0.483. The molecule has 0 aliphatic rings. The summed E-state index contributed by atoms with van der Waals surface area (Å²) < 4.78 is 16.1. The highest BCUT2D eigenvalue weighted by atomic mass is 16.5. The Morgan fingerprint density at radius 1 is 1.27 bits per heavy atom. The number of carbonyl (C=O) groups is 2. The summed E-state index contributed by atoms with van der Waals surface area (Å²) in [5, 5.41) is 1.99. The largest absolute Gasteiger partial charge is 0.492 e. The summed E-state index contributed by atoms with van der Waals surface area (Å²) in [7, 11) is 1.53. The van der Waals surface area contributed by atoms with E-state index >= 15 is 0 Å². The minimum absolute atomic E-state index is 0.216. The number of fused-ring (bicyclic) bond motifs is 2. The van der Waals surface area contributed by atoms with Crippen molar-refractivity contribution in [3.05, 3.63) is 35.6 Å². The molecule has 0 aliphatic heterocycles. The lowest BCUT2D eigenvalue weighted by Crippen LogP contribution is -2.01. The molecule has 0 bridgehead atoms. The van der Waals surface area contributed by atoms with Crippen molar-refractivity contribution in [3.8, 4) is 11.5 Å². The van der Waals surface area contributed by atoms with Gasteiger partial charge in [0.05, 0.1) is 12.5 Å². The first-order valence-electron chi connectivity index (χ1n) is 6.72. The third kappa shape index (κ3) is 1.94. The summed E-state index contributed by atoms with van der Waals surface area (Å²) in [6, 6.07) is 5.66. The number of hydrogen-bond donors (Lipinski definition) is 0. The molecule has 0 atom stereocenters. The normalized spacial score (nSPS) is 10.9. The Morgan fingerprint density at radius 2 is 2.05 bits per heavy atom. The SMILES string of the molecule is COc1c2cccc(C)c2c(C=O)c2c(OC(C)=O)coc12. The average Bonchev–Trinajstić information content (AvgIpc) is 2.88. The molecule has 3 rings (SSSR count). The lowest BCUT2D eigenvalue weighted by atomic mass is 9.96. The molecule has 1 aromatic heterocycles. The van der Waals surface area contributed by atoms with Crippen molar-refractivity contribution in [2.75, 3.05) is 7.11 Å². The van der Waals surface area contributed by atoms with E-state index in [1.54, 1.807) is 0 Å². The highest BCUT2D eigenvalue weighted by Gasteiger charge is 2.22. The van der Waals surface area contributed by atoms with Crippen molar-refractivity contribution in [2.45, 2.75) is 13.8 Å². The topological polar surface area (TPSA) is 65.7 Å². The monoisotopic (exact) mass is 298 g/mol. The van der Waals surface area contributed by atoms with E-state index in [1.807, 2.05) is 25.1 Å². The second-order valence-corrected chi connectivity index (χ2v) is 4.96. The van der Waals surface area contributed by atoms with Crippen LogP contribution >= 0.6 is 0 Å². The summed E-state index contributed by atoms with van der Waals surface area (Å²) >= 11 is 0. The number of hydrogen-bond acceptors (Lipinski definition) is 5. The maximum Gasteiger partial charge on any atom is 0.308 e. The minimum Gasteiger partial charge on any atom is -0.492 e. The quantitative estimate of drug-likeness (QED) is 0.545. The number of furan rings is 1. The fourth-order valence-electron chi connectivity index (χ4n) is 2.78. The van der Waals surface area contributed by atoms with Crippen LogP contribution in [0.25, 0.3) is 21.7 Å². The second-order valence-electron chi connectivity index (χ2n) is 4.96. The summed E-state index contributed by atoms with van der Waals surface area (Å²) in [5.41, 5.74) is 1.74. The molecule has 0 fully saturated rings. The van der Waals surface area contributed by atoms with Crippen molar-refractivity contribution in [1.82, 2.24) is 0 Å². The van der Waals surface area contributed by atoms with Gasteiger partial charge in [-0.15, -0.1) is 0 Å². The molecule has 0 aliphatic carbocycles. The van der Waals surface area contributed by atoms with E-state index in [0.29, 0.717) is 22.3 Å². The van der Waals surface area contributed by atoms with Gasteiger partial charge >= 0.3 is 5.97 Å². The van der Waals surface area contributed by atoms with Crippen LogP contribution in [0.3, 0.4) is 0 Å². The van der Waals surface area contributed by atoms with Gasteiger partial charge in [-0.05, 0) is 17.9 Å². The number of esters is 1. The maximum atomic E-state index is 11.7. The van der Waals surface area contributed by atoms with Crippen molar-refractivity contribution in [1.29, 1.82) is 0 Å². The number of aryl methyl sites for hydroxylation is 1. The lowest BCUT2D eigenvalue weighted by molar-refractivity contribution is -0.131. The predicted octanol–water partition coefficient (Wildman–Crippen LogP) is 3.64. The zero-order valence-corrected chi connectivity index (χ0v) is 12.4. The molecule has 0 unspecified atom stereocenters. The van der Waals surface area contributed by atoms with Gasteiger partial charge in [0.2, 0.25) is 0 Å². The van der Waals surface area contributed by atoms with Crippen LogP contribution in [0.15, 0.2) is 28.9 Å². The summed E-state index contributed by atoms with van der Waals surface area (Å²) in [6.45, 7) is 3.20. The Balaban J connectivity index is 2.55. The summed E-state index contributed by atoms with van der Waals surface area (Å²) in [6.07, 6.45) is 2.06. The van der Waals surface area contributed by atoms with Crippen molar-refractivity contribution >= 4 is 34.0 Å². The van der Waals surface area contributed by atoms with Crippen LogP contribution in [-0.2, 0) is 4.79 Å². The molecule has 22 heavy (non-hydrogen) atoms. The molecule has 0 saturated carbocycles. The number of aldehydes is 1. The van der Waals surface area contributed by atoms with Crippen molar-refractivity contribution in [3.63, 3.8) is 0 Å². The van der Waals surface area contributed by atoms with E-state index in [1.165, 1.54) is 20.3 Å². The molecule has 5 nitrogen and oxygen atoms in total. The van der Waals surface area contributed by atoms with Crippen LogP contribution in [0.5, 0.6) is 11.5 Å². The van der Waals surface area contributed by atoms with E-state index < -0.39 is 5.97 Å². The highest BCUT2D eigenvalue weighted by molar-refractivity contribution is 6.17. The third-order valence-corrected chi connectivity index (χ3v) is 3.60. The molecule has 0 radical (unpaired) electrons. The smallest absolute Gasteiger partial charge is 0.308 e. The van der Waals surface area contributed by atoms with E-state index in [0.717, 1.165) is 22.6 Å². The number of carbonyl (C=O) groups excluding carboxylic acids is 2. The van der Waals surface area contributed by atoms with E-state index in [-0.39, 0.29) is 5.75 Å². The van der Waals surface area contributed by atoms with Crippen LogP contribution in [-0.4, -0.2) is 19.4 Å². The highest BCUT2D eigenvalue weighted by Crippen LogP contribution is 2.43. The fourth-order valence-corrected chi connectivity index (χ4v) is 2.78. The molecule has 0 amide bonds. The van der Waals surface area contributed by atoms with Crippen LogP contribution < -0.4 is 9.47 Å². The molecule has 3 aromatic rings. The van der Waals surface area contributed by atoms with Crippen LogP contribution in [0.1, 0.15) is 22.8 Å². The molecular weight excluding hydrogens is 284 g/mol. The standard InChI is InChI=1S/C17H14O5/c1-9-5-4-6-11-14(9)12(7-18)15-13(22-10(2)19)8-21-17(15)16(11)20-3/h4-8H,1-3H3. The number of benzene rings is 2. The van der Waals surface area contributed by atoms with Gasteiger partial charge in [-0.25, -0.2) is 0 Å². The van der Waals surface area contributed by atoms with Crippen molar-refractivity contribution in [2.24, 2.45) is 0 Å². The molecule has 0 spiro atoms. The first-order chi connectivity index (χ1) is 10.6. The first-order valence-corrected chi connectivity index (χ1v) is 6.72. The van der Waals surface area contributed by atoms with Crippen LogP contribution in [0, 0.1) is 6.92 Å². The van der Waals surface area contributed by atoms with Gasteiger partial charge in [-0.1, -0.05) is 18.2 Å². The Kier molecular flexibility index (Phi) is 3.33. The van der Waals surface area contributed by atoms with Crippen molar-refractivity contribution < 1.29 is 23.5 Å². The van der Waals surface area contributed by atoms with Gasteiger partial charge in [-0.2, -0.15) is 0 Å². The van der Waals surface area contributed by atoms with Gasteiger partial charge < -0.3 is 13.9 Å². The van der Waals surface area contributed by atoms with Gasteiger partial charge in [0.1, 0.15) is 6.26 Å². The fraction of sp³-hybridized carbons (Fsp3) is 0.176. The van der Waals surface area contributed by atoms with Crippen LogP contribution in [0.2, 0.25) is 0 Å². The molecule has 0 saturated heterocycles. The zero-order valence-electron chi connectivity index (χ0n) is 12.4. The summed E-state index contributed by atoms with van der Waals surface area (Å²) in [4.78, 5) is 23.0. The third-order valence-electron chi connectivity index (χ3n) is 3.60. The Labute approximate surface area is 126 Å². The molecule has 112 valence electrons. The maximum absolute atomic E-state index is 11.7. The van der Waals surface area contributed by atoms with Gasteiger partial charge in [0.15, 0.2) is 23.4 Å². The predicted molar refractivity (Wildman–Crippen MR) is 81.7 cm³/mol. The first kappa shape index (κ1) is 14.1. The Bertz CT molecular complexity index is 904. The molecule has 5 heteroatoms. The van der Waals surface area contributed by atoms with E-state index in [4.69, 9.17) is 13.9 Å². The van der Waals surface area contributed by atoms with Gasteiger partial charge in [0.25, 0.3) is 0 Å². The number of rotatable bonds is 3. The lowest BCUT2D eigenvalue weighted by Gasteiger charge is -2.11. The van der Waals surface area contributed by atoms with E-state index in [9.17, 15) is 9.59 Å². The van der Waals surface area contributed by atoms with Gasteiger partial charge in [0, 0.05) is 17.9 Å². The number of methoxy groups -OCH3 is 1. The number of ether oxygens (including phenoxy) is 2. The molecular formula is C17H14O5. The molecule has 1 heterocycles. The Hall–Kier alpha value is -2.82. The Morgan fingerprint density at radius 3 is 2.68 bits per heavy atom.